The van der Waals surface area contributed by atoms with E-state index in [0.29, 0.717) is 0 Å². The zero-order valence-corrected chi connectivity index (χ0v) is 15.7. The number of fused-ring (bicyclic) bond motifs is 1. The van der Waals surface area contributed by atoms with Gasteiger partial charge in [0, 0.05) is 38.5 Å². The van der Waals surface area contributed by atoms with Gasteiger partial charge in [0.25, 0.3) is 11.2 Å². The third-order valence-electron chi connectivity index (χ3n) is 4.43. The first-order valence-corrected chi connectivity index (χ1v) is 8.54. The molecule has 0 fully saturated rings. The minimum Gasteiger partial charge on any atom is -0.462 e. The Hall–Kier alpha value is -3.96. The van der Waals surface area contributed by atoms with Crippen molar-refractivity contribution in [2.24, 2.45) is 14.1 Å². The number of esters is 1. The van der Waals surface area contributed by atoms with Crippen LogP contribution in [0.1, 0.15) is 16.8 Å². The van der Waals surface area contributed by atoms with Gasteiger partial charge in [0.2, 0.25) is 0 Å². The zero-order valence-electron chi connectivity index (χ0n) is 15.7. The van der Waals surface area contributed by atoms with E-state index in [9.17, 15) is 24.5 Å². The first-order valence-electron chi connectivity index (χ1n) is 8.54. The highest BCUT2D eigenvalue weighted by molar-refractivity contribution is 5.95. The maximum atomic E-state index is 12.6. The van der Waals surface area contributed by atoms with Gasteiger partial charge >= 0.3 is 11.7 Å². The number of non-ortho nitro benzene ring substituents is 1. The van der Waals surface area contributed by atoms with E-state index >= 15 is 0 Å². The Labute approximate surface area is 162 Å². The Morgan fingerprint density at radius 2 is 2.03 bits per heavy atom. The second kappa shape index (κ2) is 7.58. The predicted octanol–water partition coefficient (Wildman–Crippen LogP) is 0.171. The molecule has 29 heavy (non-hydrogen) atoms. The first-order chi connectivity index (χ1) is 13.7. The standard InChI is InChI=1S/C17H18N6O6/c1-20-9-19-14-13(20)15(24)22(17(26)21(14)2)6-3-7-29-16(25)11-8-10(23(27)28)4-5-12(11)18/h4-5,8-9H,3,6-7,18H2,1-2H3. The quantitative estimate of drug-likeness (QED) is 0.201. The van der Waals surface area contributed by atoms with Gasteiger partial charge in [-0.05, 0) is 12.5 Å². The normalized spacial score (nSPS) is 11.0. The average Bonchev–Trinajstić information content (AvgIpc) is 3.07. The summed E-state index contributed by atoms with van der Waals surface area (Å²) in [6.45, 7) is -0.0929. The molecular weight excluding hydrogens is 384 g/mol. The van der Waals surface area contributed by atoms with E-state index in [2.05, 4.69) is 4.98 Å². The molecule has 0 saturated carbocycles. The molecule has 3 rings (SSSR count). The Balaban J connectivity index is 1.72. The van der Waals surface area contributed by atoms with Crippen LogP contribution in [0.4, 0.5) is 11.4 Å². The summed E-state index contributed by atoms with van der Waals surface area (Å²) in [5, 5.41) is 10.8. The molecule has 2 heterocycles. The third kappa shape index (κ3) is 3.59. The summed E-state index contributed by atoms with van der Waals surface area (Å²) in [5.74, 6) is -0.825. The molecule has 0 aliphatic heterocycles. The number of nitrogens with two attached hydrogens (primary N) is 1. The van der Waals surface area contributed by atoms with Crippen LogP contribution >= 0.6 is 0 Å². The maximum Gasteiger partial charge on any atom is 0.340 e. The van der Waals surface area contributed by atoms with Crippen LogP contribution < -0.4 is 17.0 Å². The highest BCUT2D eigenvalue weighted by Gasteiger charge is 2.17. The van der Waals surface area contributed by atoms with E-state index in [1.54, 1.807) is 7.05 Å². The number of carbonyl (C=O) groups is 1. The topological polar surface area (TPSA) is 157 Å². The molecule has 2 N–H and O–H groups in total. The lowest BCUT2D eigenvalue weighted by molar-refractivity contribution is -0.384. The van der Waals surface area contributed by atoms with Crippen LogP contribution in [0.3, 0.4) is 0 Å². The monoisotopic (exact) mass is 402 g/mol. The Kier molecular flexibility index (Phi) is 5.17. The number of rotatable bonds is 6. The second-order valence-corrected chi connectivity index (χ2v) is 6.34. The molecule has 0 atom stereocenters. The average molecular weight is 402 g/mol. The van der Waals surface area contributed by atoms with Gasteiger partial charge in [0.05, 0.1) is 23.4 Å². The maximum absolute atomic E-state index is 12.6. The molecule has 0 amide bonds. The largest absolute Gasteiger partial charge is 0.462 e. The summed E-state index contributed by atoms with van der Waals surface area (Å²) in [4.78, 5) is 51.4. The molecule has 3 aromatic rings. The highest BCUT2D eigenvalue weighted by Crippen LogP contribution is 2.20. The van der Waals surface area contributed by atoms with E-state index < -0.39 is 22.1 Å². The van der Waals surface area contributed by atoms with E-state index in [-0.39, 0.29) is 47.7 Å². The van der Waals surface area contributed by atoms with E-state index in [0.717, 1.165) is 10.6 Å². The fourth-order valence-electron chi connectivity index (χ4n) is 2.89. The Morgan fingerprint density at radius 3 is 2.72 bits per heavy atom. The van der Waals surface area contributed by atoms with Crippen molar-refractivity contribution in [2.45, 2.75) is 13.0 Å². The van der Waals surface area contributed by atoms with Crippen molar-refractivity contribution in [1.82, 2.24) is 18.7 Å². The molecule has 0 unspecified atom stereocenters. The molecule has 0 radical (unpaired) electrons. The van der Waals surface area contributed by atoms with E-state index in [1.807, 2.05) is 0 Å². The number of nitrogens with zero attached hydrogens (tertiary/aromatic N) is 5. The number of hydrogen-bond donors (Lipinski definition) is 1. The molecular formula is C17H18N6O6. The van der Waals surface area contributed by atoms with Crippen molar-refractivity contribution >= 4 is 28.5 Å². The molecule has 0 bridgehead atoms. The summed E-state index contributed by atoms with van der Waals surface area (Å²) < 4.78 is 8.93. The Morgan fingerprint density at radius 1 is 1.31 bits per heavy atom. The summed E-state index contributed by atoms with van der Waals surface area (Å²) >= 11 is 0. The number of nitro groups is 1. The van der Waals surface area contributed by atoms with Crippen molar-refractivity contribution in [3.8, 4) is 0 Å². The number of benzene rings is 1. The molecule has 1 aromatic carbocycles. The van der Waals surface area contributed by atoms with Gasteiger partial charge in [-0.15, -0.1) is 0 Å². The first kappa shape index (κ1) is 19.8. The van der Waals surface area contributed by atoms with Crippen LogP contribution in [0.15, 0.2) is 34.1 Å². The number of aromatic nitrogens is 4. The SMILES string of the molecule is Cn1cnc2c1c(=O)n(CCCOC(=O)c1cc([N+](=O)[O-])ccc1N)c(=O)n2C. The molecule has 12 heteroatoms. The lowest BCUT2D eigenvalue weighted by Gasteiger charge is -2.10. The van der Waals surface area contributed by atoms with Gasteiger partial charge < -0.3 is 15.0 Å². The molecule has 0 aliphatic carbocycles. The van der Waals surface area contributed by atoms with Crippen molar-refractivity contribution in [2.75, 3.05) is 12.3 Å². The number of imidazole rings is 1. The molecule has 12 nitrogen and oxygen atoms in total. The van der Waals surface area contributed by atoms with Crippen LogP contribution in [0.5, 0.6) is 0 Å². The number of nitrogen functional groups attached to an aromatic ring is 1. The molecule has 0 saturated heterocycles. The van der Waals surface area contributed by atoms with Gasteiger partial charge in [0.1, 0.15) is 0 Å². The molecule has 0 spiro atoms. The van der Waals surface area contributed by atoms with Gasteiger partial charge in [-0.1, -0.05) is 0 Å². The molecule has 2 aromatic heterocycles. The fraction of sp³-hybridized carbons (Fsp3) is 0.294. The highest BCUT2D eigenvalue weighted by atomic mass is 16.6. The Bertz CT molecular complexity index is 1240. The number of anilines is 1. The third-order valence-corrected chi connectivity index (χ3v) is 4.43. The van der Waals surface area contributed by atoms with Crippen LogP contribution in [0.25, 0.3) is 11.2 Å². The van der Waals surface area contributed by atoms with Crippen LogP contribution in [-0.2, 0) is 25.4 Å². The number of hydrogen-bond acceptors (Lipinski definition) is 8. The summed E-state index contributed by atoms with van der Waals surface area (Å²) in [6, 6.07) is 3.47. The minimum atomic E-state index is -0.825. The van der Waals surface area contributed by atoms with Gasteiger partial charge in [-0.2, -0.15) is 0 Å². The fourth-order valence-corrected chi connectivity index (χ4v) is 2.89. The lowest BCUT2D eigenvalue weighted by atomic mass is 10.1. The van der Waals surface area contributed by atoms with Crippen molar-refractivity contribution in [1.29, 1.82) is 0 Å². The van der Waals surface area contributed by atoms with Crippen molar-refractivity contribution < 1.29 is 14.5 Å². The zero-order chi connectivity index (χ0) is 21.3. The van der Waals surface area contributed by atoms with Gasteiger partial charge in [-0.25, -0.2) is 14.6 Å². The van der Waals surface area contributed by atoms with Crippen molar-refractivity contribution in [3.05, 3.63) is 61.0 Å². The van der Waals surface area contributed by atoms with E-state index in [1.165, 1.54) is 34.6 Å². The van der Waals surface area contributed by atoms with Crippen molar-refractivity contribution in [3.63, 3.8) is 0 Å². The number of nitro benzene ring substituents is 1. The second-order valence-electron chi connectivity index (χ2n) is 6.34. The molecule has 0 aliphatic rings. The summed E-state index contributed by atoms with van der Waals surface area (Å²) in [6.07, 6.45) is 1.63. The minimum absolute atomic E-state index is 0.0182. The van der Waals surface area contributed by atoms with Crippen LogP contribution in [0, 0.1) is 10.1 Å². The predicted molar refractivity (Wildman–Crippen MR) is 103 cm³/mol. The van der Waals surface area contributed by atoms with Gasteiger partial charge in [-0.3, -0.25) is 24.0 Å². The number of ether oxygens (including phenoxy) is 1. The van der Waals surface area contributed by atoms with Crippen LogP contribution in [-0.4, -0.2) is 36.2 Å². The lowest BCUT2D eigenvalue weighted by Crippen LogP contribution is -2.39. The number of aryl methyl sites for hydroxylation is 2. The van der Waals surface area contributed by atoms with Crippen LogP contribution in [0.2, 0.25) is 0 Å². The van der Waals surface area contributed by atoms with Gasteiger partial charge in [0.15, 0.2) is 11.2 Å². The van der Waals surface area contributed by atoms with E-state index in [4.69, 9.17) is 10.5 Å². The summed E-state index contributed by atoms with van der Waals surface area (Å²) in [7, 11) is 3.16. The summed E-state index contributed by atoms with van der Waals surface area (Å²) in [5.41, 5.74) is 4.87. The molecule has 152 valence electrons. The number of carbonyl (C=O) groups excluding carboxylic acids is 1. The smallest absolute Gasteiger partial charge is 0.340 e.